The van der Waals surface area contributed by atoms with Gasteiger partial charge < -0.3 is 9.15 Å². The van der Waals surface area contributed by atoms with Crippen LogP contribution in [0.1, 0.15) is 16.9 Å². The summed E-state index contributed by atoms with van der Waals surface area (Å²) in [5.41, 5.74) is 2.60. The van der Waals surface area contributed by atoms with E-state index in [1.165, 1.54) is 7.11 Å². The minimum absolute atomic E-state index is 0.0765. The number of hydrogen-bond donors (Lipinski definition) is 1. The van der Waals surface area contributed by atoms with Crippen LogP contribution in [0.15, 0.2) is 51.8 Å². The zero-order valence-electron chi connectivity index (χ0n) is 13.8. The van der Waals surface area contributed by atoms with Crippen molar-refractivity contribution < 1.29 is 17.6 Å². The highest BCUT2D eigenvalue weighted by Gasteiger charge is 2.21. The van der Waals surface area contributed by atoms with E-state index in [1.54, 1.807) is 12.1 Å². The summed E-state index contributed by atoms with van der Waals surface area (Å²) >= 11 is 0. The van der Waals surface area contributed by atoms with Gasteiger partial charge in [-0.05, 0) is 49.2 Å². The van der Waals surface area contributed by atoms with Crippen LogP contribution < -0.4 is 9.46 Å². The number of benzene rings is 2. The molecule has 0 aliphatic carbocycles. The van der Waals surface area contributed by atoms with Crippen LogP contribution in [0.3, 0.4) is 0 Å². The molecule has 0 spiro atoms. The van der Waals surface area contributed by atoms with Gasteiger partial charge in [-0.2, -0.15) is 0 Å². The second-order valence-electron chi connectivity index (χ2n) is 5.66. The topological polar surface area (TPSA) is 68.5 Å². The van der Waals surface area contributed by atoms with Gasteiger partial charge in [0, 0.05) is 5.39 Å². The van der Waals surface area contributed by atoms with Crippen molar-refractivity contribution in [1.82, 2.24) is 4.72 Å². The van der Waals surface area contributed by atoms with Crippen LogP contribution in [0, 0.1) is 13.8 Å². The molecule has 0 amide bonds. The van der Waals surface area contributed by atoms with Gasteiger partial charge in [0.05, 0.1) is 13.7 Å². The van der Waals surface area contributed by atoms with Gasteiger partial charge in [-0.25, -0.2) is 13.1 Å². The molecule has 0 radical (unpaired) electrons. The molecule has 0 aliphatic heterocycles. The standard InChI is InChI=1S/C18H19NO4S/c1-12-8-17(22-3)18(9-13(12)2)24(20,21)19-11-15-10-14-6-4-5-7-16(14)23-15/h4-10,19H,11H2,1-3H3. The Morgan fingerprint density at radius 1 is 1.08 bits per heavy atom. The fourth-order valence-corrected chi connectivity index (χ4v) is 3.73. The normalized spacial score (nSPS) is 11.8. The van der Waals surface area contributed by atoms with E-state index in [0.717, 1.165) is 22.1 Å². The second kappa shape index (κ2) is 6.30. The molecular formula is C18H19NO4S. The summed E-state index contributed by atoms with van der Waals surface area (Å²) in [5.74, 6) is 0.887. The first-order valence-corrected chi connectivity index (χ1v) is 9.01. The SMILES string of the molecule is COc1cc(C)c(C)cc1S(=O)(=O)NCc1cc2ccccc2o1. The van der Waals surface area contributed by atoms with Crippen molar-refractivity contribution >= 4 is 21.0 Å². The Hall–Kier alpha value is -2.31. The van der Waals surface area contributed by atoms with E-state index in [0.29, 0.717) is 11.5 Å². The van der Waals surface area contributed by atoms with E-state index in [2.05, 4.69) is 4.72 Å². The molecule has 0 saturated heterocycles. The quantitative estimate of drug-likeness (QED) is 0.768. The molecule has 126 valence electrons. The summed E-state index contributed by atoms with van der Waals surface area (Å²) in [5, 5.41) is 0.940. The number of ether oxygens (including phenoxy) is 1. The molecule has 1 N–H and O–H groups in total. The summed E-state index contributed by atoms with van der Waals surface area (Å²) in [6.07, 6.45) is 0. The number of hydrogen-bond acceptors (Lipinski definition) is 4. The molecule has 24 heavy (non-hydrogen) atoms. The first-order valence-electron chi connectivity index (χ1n) is 7.53. The van der Waals surface area contributed by atoms with Crippen LogP contribution in [-0.4, -0.2) is 15.5 Å². The Bertz CT molecular complexity index is 956. The molecule has 2 aromatic carbocycles. The number of furan rings is 1. The Morgan fingerprint density at radius 2 is 1.79 bits per heavy atom. The summed E-state index contributed by atoms with van der Waals surface area (Å²) in [7, 11) is -2.25. The smallest absolute Gasteiger partial charge is 0.244 e. The zero-order chi connectivity index (χ0) is 17.3. The van der Waals surface area contributed by atoms with Crippen molar-refractivity contribution in [3.63, 3.8) is 0 Å². The van der Waals surface area contributed by atoms with E-state index >= 15 is 0 Å². The highest BCUT2D eigenvalue weighted by Crippen LogP contribution is 2.27. The van der Waals surface area contributed by atoms with Crippen molar-refractivity contribution in [2.24, 2.45) is 0 Å². The Balaban J connectivity index is 1.87. The lowest BCUT2D eigenvalue weighted by atomic mass is 10.1. The van der Waals surface area contributed by atoms with Crippen LogP contribution in [0.4, 0.5) is 0 Å². The highest BCUT2D eigenvalue weighted by molar-refractivity contribution is 7.89. The largest absolute Gasteiger partial charge is 0.495 e. The van der Waals surface area contributed by atoms with Gasteiger partial charge in [0.1, 0.15) is 22.0 Å². The summed E-state index contributed by atoms with van der Waals surface area (Å²) in [6, 6.07) is 12.7. The van der Waals surface area contributed by atoms with Crippen LogP contribution in [0.25, 0.3) is 11.0 Å². The van der Waals surface area contributed by atoms with Crippen molar-refractivity contribution in [2.75, 3.05) is 7.11 Å². The highest BCUT2D eigenvalue weighted by atomic mass is 32.2. The molecule has 0 saturated carbocycles. The van der Waals surface area contributed by atoms with Gasteiger partial charge in [-0.3, -0.25) is 0 Å². The van der Waals surface area contributed by atoms with E-state index in [1.807, 2.05) is 44.2 Å². The third-order valence-electron chi connectivity index (χ3n) is 3.98. The van der Waals surface area contributed by atoms with Gasteiger partial charge >= 0.3 is 0 Å². The molecule has 0 aliphatic rings. The Morgan fingerprint density at radius 3 is 2.50 bits per heavy atom. The van der Waals surface area contributed by atoms with Crippen molar-refractivity contribution in [2.45, 2.75) is 25.3 Å². The molecule has 6 heteroatoms. The molecule has 3 rings (SSSR count). The van der Waals surface area contributed by atoms with Gasteiger partial charge in [-0.1, -0.05) is 18.2 Å². The second-order valence-corrected chi connectivity index (χ2v) is 7.40. The zero-order valence-corrected chi connectivity index (χ0v) is 14.6. The number of methoxy groups -OCH3 is 1. The predicted molar refractivity (Wildman–Crippen MR) is 92.7 cm³/mol. The van der Waals surface area contributed by atoms with Crippen LogP contribution in [-0.2, 0) is 16.6 Å². The number of nitrogens with one attached hydrogen (secondary N) is 1. The van der Waals surface area contributed by atoms with Crippen LogP contribution in [0.2, 0.25) is 0 Å². The number of sulfonamides is 1. The maximum atomic E-state index is 12.6. The lowest BCUT2D eigenvalue weighted by Gasteiger charge is -2.12. The van der Waals surface area contributed by atoms with Gasteiger partial charge in [0.2, 0.25) is 10.0 Å². The first-order chi connectivity index (χ1) is 11.4. The van der Waals surface area contributed by atoms with Crippen LogP contribution in [0.5, 0.6) is 5.75 Å². The summed E-state index contributed by atoms with van der Waals surface area (Å²) in [4.78, 5) is 0.129. The number of fused-ring (bicyclic) bond motifs is 1. The van der Waals surface area contributed by atoms with E-state index in [9.17, 15) is 8.42 Å². The third-order valence-corrected chi connectivity index (χ3v) is 5.40. The molecule has 0 unspecified atom stereocenters. The van der Waals surface area contributed by atoms with Gasteiger partial charge in [0.15, 0.2) is 0 Å². The molecule has 3 aromatic rings. The Labute approximate surface area is 141 Å². The maximum Gasteiger partial charge on any atom is 0.244 e. The number of aryl methyl sites for hydroxylation is 2. The number of para-hydroxylation sites is 1. The van der Waals surface area contributed by atoms with Crippen molar-refractivity contribution in [3.05, 3.63) is 59.4 Å². The fraction of sp³-hybridized carbons (Fsp3) is 0.222. The maximum absolute atomic E-state index is 12.6. The predicted octanol–water partition coefficient (Wildman–Crippen LogP) is 3.54. The third kappa shape index (κ3) is 3.16. The lowest BCUT2D eigenvalue weighted by Crippen LogP contribution is -2.23. The molecule has 0 bridgehead atoms. The molecule has 1 heterocycles. The summed E-state index contributed by atoms with van der Waals surface area (Å²) < 4.78 is 38.7. The van der Waals surface area contributed by atoms with Crippen molar-refractivity contribution in [1.29, 1.82) is 0 Å². The van der Waals surface area contributed by atoms with Crippen molar-refractivity contribution in [3.8, 4) is 5.75 Å². The molecule has 5 nitrogen and oxygen atoms in total. The minimum Gasteiger partial charge on any atom is -0.495 e. The van der Waals surface area contributed by atoms with Gasteiger partial charge in [-0.15, -0.1) is 0 Å². The molecule has 0 fully saturated rings. The fourth-order valence-electron chi connectivity index (χ4n) is 2.50. The lowest BCUT2D eigenvalue weighted by molar-refractivity contribution is 0.401. The number of rotatable bonds is 5. The minimum atomic E-state index is -3.71. The first kappa shape index (κ1) is 16.5. The van der Waals surface area contributed by atoms with Gasteiger partial charge in [0.25, 0.3) is 0 Å². The van der Waals surface area contributed by atoms with E-state index in [4.69, 9.17) is 9.15 Å². The molecule has 1 aromatic heterocycles. The molecule has 0 atom stereocenters. The summed E-state index contributed by atoms with van der Waals surface area (Å²) in [6.45, 7) is 3.86. The van der Waals surface area contributed by atoms with E-state index in [-0.39, 0.29) is 11.4 Å². The van der Waals surface area contributed by atoms with E-state index < -0.39 is 10.0 Å². The monoisotopic (exact) mass is 345 g/mol. The van der Waals surface area contributed by atoms with Crippen LogP contribution >= 0.6 is 0 Å². The Kier molecular flexibility index (Phi) is 4.34. The molecular weight excluding hydrogens is 326 g/mol. The average molecular weight is 345 g/mol. The average Bonchev–Trinajstić information content (AvgIpc) is 2.98.